The summed E-state index contributed by atoms with van der Waals surface area (Å²) in [4.78, 5) is 9.94. The van der Waals surface area contributed by atoms with Gasteiger partial charge in [0.1, 0.15) is 0 Å². The van der Waals surface area contributed by atoms with Gasteiger partial charge in [-0.2, -0.15) is 0 Å². The van der Waals surface area contributed by atoms with Crippen molar-refractivity contribution in [2.75, 3.05) is 6.61 Å². The van der Waals surface area contributed by atoms with Crippen molar-refractivity contribution >= 4 is 24.8 Å². The molecule has 0 aliphatic carbocycles. The van der Waals surface area contributed by atoms with E-state index in [0.717, 1.165) is 0 Å². The van der Waals surface area contributed by atoms with Crippen LogP contribution in [0.15, 0.2) is 30.3 Å². The van der Waals surface area contributed by atoms with Crippen molar-refractivity contribution in [3.8, 4) is 0 Å². The maximum atomic E-state index is 11.4. The molecule has 0 spiro atoms. The third kappa shape index (κ3) is 2.84. The Balaban J connectivity index is 2.81. The molecule has 0 saturated heterocycles. The first kappa shape index (κ1) is 10.3. The van der Waals surface area contributed by atoms with Crippen molar-refractivity contribution in [1.82, 2.24) is 0 Å². The summed E-state index contributed by atoms with van der Waals surface area (Å²) in [7, 11) is 0. The Kier molecular flexibility index (Phi) is 3.48. The fraction of sp³-hybridized carbons (Fsp3) is 0.125. The second kappa shape index (κ2) is 4.42. The molecule has 1 N–H and O–H groups in total. The number of rotatable bonds is 4. The molecule has 1 aromatic carbocycles. The van der Waals surface area contributed by atoms with Crippen molar-refractivity contribution in [1.29, 1.82) is 0 Å². The van der Waals surface area contributed by atoms with Gasteiger partial charge in [-0.25, -0.2) is 0 Å². The van der Waals surface area contributed by atoms with Gasteiger partial charge in [0, 0.05) is 0 Å². The maximum absolute atomic E-state index is 11.4. The molecule has 70 valence electrons. The number of carbonyl (C=O) groups is 1. The molecule has 1 rings (SSSR count). The summed E-state index contributed by atoms with van der Waals surface area (Å²) in [5, 5.41) is 0. The first-order chi connectivity index (χ1) is 6.17. The van der Waals surface area contributed by atoms with E-state index in [4.69, 9.17) is 0 Å². The minimum absolute atomic E-state index is 0.252. The van der Waals surface area contributed by atoms with Gasteiger partial charge in [0.25, 0.3) is 0 Å². The van der Waals surface area contributed by atoms with Gasteiger partial charge in [0.15, 0.2) is 0 Å². The predicted octanol–water partition coefficient (Wildman–Crippen LogP) is -0.529. The van der Waals surface area contributed by atoms with Crippen molar-refractivity contribution in [2.45, 2.75) is 0 Å². The van der Waals surface area contributed by atoms with Gasteiger partial charge < -0.3 is 0 Å². The van der Waals surface area contributed by atoms with Crippen molar-refractivity contribution in [2.24, 2.45) is 0 Å². The molecule has 0 saturated carbocycles. The molecule has 4 nitrogen and oxygen atoms in total. The first-order valence-electron chi connectivity index (χ1n) is 3.63. The van der Waals surface area contributed by atoms with Gasteiger partial charge in [0.2, 0.25) is 0 Å². The van der Waals surface area contributed by atoms with Crippen LogP contribution in [0.3, 0.4) is 0 Å². The molecule has 0 aromatic heterocycles. The zero-order chi connectivity index (χ0) is 9.73. The van der Waals surface area contributed by atoms with Crippen LogP contribution < -0.4 is 4.35 Å². The van der Waals surface area contributed by atoms with Crippen LogP contribution in [0, 0.1) is 0 Å². The van der Waals surface area contributed by atoms with Gasteiger partial charge in [-0.15, -0.1) is 0 Å². The van der Waals surface area contributed by atoms with Gasteiger partial charge >= 0.3 is 78.1 Å². The summed E-state index contributed by atoms with van der Waals surface area (Å²) in [5.74, 6) is 0. The third-order valence-electron chi connectivity index (χ3n) is 1.40. The number of hydrogen-bond acceptors (Lipinski definition) is 3. The predicted molar refractivity (Wildman–Crippen MR) is 46.8 cm³/mol. The summed E-state index contributed by atoms with van der Waals surface area (Å²) >= 11 is -4.42. The molecular weight excluding hydrogens is 235 g/mol. The molecule has 1 unspecified atom stereocenters. The zero-order valence-corrected chi connectivity index (χ0v) is 8.67. The molecule has 0 amide bonds. The number of benzene rings is 1. The quantitative estimate of drug-likeness (QED) is 0.571. The van der Waals surface area contributed by atoms with Crippen molar-refractivity contribution in [3.05, 3.63) is 30.3 Å². The van der Waals surface area contributed by atoms with Gasteiger partial charge in [-0.3, -0.25) is 0 Å². The SMILES string of the molecule is O=CCO[As](=O)(O)c1ccccc1. The molecule has 1 aromatic rings. The summed E-state index contributed by atoms with van der Waals surface area (Å²) in [6.45, 7) is -0.345. The Bertz CT molecular complexity index is 322. The fourth-order valence-electron chi connectivity index (χ4n) is 0.822. The molecule has 0 heterocycles. The van der Waals surface area contributed by atoms with E-state index in [-0.39, 0.29) is 11.0 Å². The monoisotopic (exact) mass is 244 g/mol. The Morgan fingerprint density at radius 1 is 1.38 bits per heavy atom. The second-order valence-corrected chi connectivity index (χ2v) is 6.13. The second-order valence-electron chi connectivity index (χ2n) is 2.32. The molecule has 0 fully saturated rings. The Morgan fingerprint density at radius 2 is 2.00 bits per heavy atom. The summed E-state index contributed by atoms with van der Waals surface area (Å²) in [6, 6.07) is 8.03. The van der Waals surface area contributed by atoms with Crippen molar-refractivity contribution < 1.29 is 16.4 Å². The molecule has 0 radical (unpaired) electrons. The molecular formula is C8H9AsO4. The van der Waals surface area contributed by atoms with Crippen LogP contribution in [0.4, 0.5) is 0 Å². The normalized spacial score (nSPS) is 14.8. The molecule has 13 heavy (non-hydrogen) atoms. The minimum atomic E-state index is -4.42. The Morgan fingerprint density at radius 3 is 2.54 bits per heavy atom. The van der Waals surface area contributed by atoms with E-state index in [1.807, 2.05) is 0 Å². The van der Waals surface area contributed by atoms with Crippen LogP contribution in [0.1, 0.15) is 0 Å². The van der Waals surface area contributed by atoms with Crippen LogP contribution in [0.5, 0.6) is 0 Å². The molecule has 0 aliphatic heterocycles. The van der Waals surface area contributed by atoms with E-state index in [9.17, 15) is 12.6 Å². The van der Waals surface area contributed by atoms with Crippen LogP contribution in [0.2, 0.25) is 0 Å². The zero-order valence-electron chi connectivity index (χ0n) is 6.79. The Labute approximate surface area is 78.5 Å². The van der Waals surface area contributed by atoms with E-state index >= 15 is 0 Å². The van der Waals surface area contributed by atoms with Crippen LogP contribution in [0.25, 0.3) is 0 Å². The van der Waals surface area contributed by atoms with E-state index in [0.29, 0.717) is 6.29 Å². The van der Waals surface area contributed by atoms with Crippen LogP contribution >= 0.6 is 0 Å². The van der Waals surface area contributed by atoms with Crippen LogP contribution in [-0.2, 0) is 12.3 Å². The number of aldehydes is 1. The molecule has 0 aliphatic rings. The summed E-state index contributed by atoms with van der Waals surface area (Å²) in [6.07, 6.45) is 0.452. The number of hydrogen-bond donors (Lipinski definition) is 1. The third-order valence-corrected chi connectivity index (χ3v) is 4.44. The first-order valence-corrected chi connectivity index (χ1v) is 6.94. The summed E-state index contributed by atoms with van der Waals surface area (Å²) in [5.41, 5.74) is 0. The average molecular weight is 244 g/mol. The molecule has 0 bridgehead atoms. The van der Waals surface area contributed by atoms with E-state index in [2.05, 4.69) is 3.73 Å². The van der Waals surface area contributed by atoms with Gasteiger partial charge in [-0.1, -0.05) is 0 Å². The van der Waals surface area contributed by atoms with Crippen molar-refractivity contribution in [3.63, 3.8) is 0 Å². The van der Waals surface area contributed by atoms with Gasteiger partial charge in [-0.05, 0) is 0 Å². The standard InChI is InChI=1S/C8H9AsO4/c10-6-7-13-9(11,12)8-4-2-1-3-5-8/h1-6H,7H2,(H,11,12). The molecule has 1 atom stereocenters. The topological polar surface area (TPSA) is 63.6 Å². The average Bonchev–Trinajstić information content (AvgIpc) is 2.16. The Hall–Kier alpha value is -0.832. The molecule has 5 heteroatoms. The van der Waals surface area contributed by atoms with E-state index in [1.165, 1.54) is 12.1 Å². The van der Waals surface area contributed by atoms with Crippen LogP contribution in [-0.4, -0.2) is 31.2 Å². The van der Waals surface area contributed by atoms with Gasteiger partial charge in [0.05, 0.1) is 0 Å². The fourth-order valence-corrected chi connectivity index (χ4v) is 2.84. The van der Waals surface area contributed by atoms with E-state index in [1.54, 1.807) is 18.2 Å². The summed E-state index contributed by atoms with van der Waals surface area (Å²) < 4.78 is 25.6. The number of carbonyl (C=O) groups excluding carboxylic acids is 1. The van der Waals surface area contributed by atoms with E-state index < -0.39 is 14.2 Å².